The molecule has 4 heteroatoms. The Morgan fingerprint density at radius 2 is 1.95 bits per heavy atom. The number of halogens is 1. The Kier molecular flexibility index (Phi) is 3.04. The van der Waals surface area contributed by atoms with Crippen molar-refractivity contribution >= 4 is 21.6 Å². The first kappa shape index (κ1) is 12.7. The van der Waals surface area contributed by atoms with E-state index in [4.69, 9.17) is 4.98 Å². The van der Waals surface area contributed by atoms with Crippen LogP contribution in [0.2, 0.25) is 0 Å². The molecule has 1 aromatic heterocycles. The van der Waals surface area contributed by atoms with Crippen LogP contribution in [0, 0.1) is 0 Å². The van der Waals surface area contributed by atoms with E-state index in [1.54, 1.807) is 0 Å². The molecule has 3 nitrogen and oxygen atoms in total. The summed E-state index contributed by atoms with van der Waals surface area (Å²) in [4.78, 5) is 8.19. The molecule has 1 aliphatic carbocycles. The van der Waals surface area contributed by atoms with Crippen molar-refractivity contribution in [3.63, 3.8) is 0 Å². The summed E-state index contributed by atoms with van der Waals surface area (Å²) in [6.07, 6.45) is 0.921. The molecular weight excluding hydrogens is 326 g/mol. The van der Waals surface area contributed by atoms with Crippen molar-refractivity contribution in [1.29, 1.82) is 0 Å². The van der Waals surface area contributed by atoms with Crippen LogP contribution < -0.4 is 5.32 Å². The molecule has 0 unspecified atom stereocenters. The van der Waals surface area contributed by atoms with Crippen LogP contribution in [0.1, 0.15) is 17.1 Å². The van der Waals surface area contributed by atoms with Crippen LogP contribution in [-0.2, 0) is 13.0 Å². The van der Waals surface area contributed by atoms with Crippen LogP contribution in [0.5, 0.6) is 0 Å². The average Bonchev–Trinajstić information content (AvgIpc) is 3.05. The SMILES string of the molecule is Brc1cccc2c1Cc1[nH]c(CNc3ccccc3)nc1-2. The molecule has 2 N–H and O–H groups in total. The predicted molar refractivity (Wildman–Crippen MR) is 88.3 cm³/mol. The maximum absolute atomic E-state index is 4.75. The standard InChI is InChI=1S/C17H14BrN3/c18-14-8-4-7-12-13(14)9-15-17(12)21-16(20-15)10-19-11-5-2-1-3-6-11/h1-8,19H,9-10H2,(H,20,21). The highest BCUT2D eigenvalue weighted by Gasteiger charge is 2.24. The molecule has 21 heavy (non-hydrogen) atoms. The van der Waals surface area contributed by atoms with E-state index >= 15 is 0 Å². The molecule has 0 spiro atoms. The smallest absolute Gasteiger partial charge is 0.126 e. The molecule has 1 aliphatic rings. The van der Waals surface area contributed by atoms with E-state index in [1.807, 2.05) is 18.2 Å². The van der Waals surface area contributed by atoms with Gasteiger partial charge in [-0.25, -0.2) is 4.98 Å². The molecule has 0 atom stereocenters. The molecule has 0 radical (unpaired) electrons. The van der Waals surface area contributed by atoms with E-state index in [0.717, 1.165) is 28.1 Å². The number of para-hydroxylation sites is 1. The van der Waals surface area contributed by atoms with Gasteiger partial charge in [-0.1, -0.05) is 46.3 Å². The highest BCUT2D eigenvalue weighted by Crippen LogP contribution is 2.38. The number of benzene rings is 2. The van der Waals surface area contributed by atoms with Crippen LogP contribution in [0.25, 0.3) is 11.3 Å². The lowest BCUT2D eigenvalue weighted by Gasteiger charge is -2.04. The van der Waals surface area contributed by atoms with Crippen LogP contribution >= 0.6 is 15.9 Å². The second kappa shape index (κ2) is 5.04. The first-order chi connectivity index (χ1) is 10.3. The van der Waals surface area contributed by atoms with Crippen LogP contribution in [-0.4, -0.2) is 9.97 Å². The Hall–Kier alpha value is -2.07. The third kappa shape index (κ3) is 2.25. The number of nitrogens with zero attached hydrogens (tertiary/aromatic N) is 1. The molecule has 0 amide bonds. The van der Waals surface area contributed by atoms with Crippen molar-refractivity contribution < 1.29 is 0 Å². The molecule has 0 aliphatic heterocycles. The van der Waals surface area contributed by atoms with Crippen molar-refractivity contribution in [2.24, 2.45) is 0 Å². The summed E-state index contributed by atoms with van der Waals surface area (Å²) in [7, 11) is 0. The maximum atomic E-state index is 4.75. The number of rotatable bonds is 3. The fraction of sp³-hybridized carbons (Fsp3) is 0.118. The van der Waals surface area contributed by atoms with Gasteiger partial charge in [-0.3, -0.25) is 0 Å². The van der Waals surface area contributed by atoms with Gasteiger partial charge in [-0.05, 0) is 23.8 Å². The Morgan fingerprint density at radius 3 is 2.81 bits per heavy atom. The van der Waals surface area contributed by atoms with Gasteiger partial charge >= 0.3 is 0 Å². The summed E-state index contributed by atoms with van der Waals surface area (Å²) in [5, 5.41) is 3.38. The number of nitrogens with one attached hydrogen (secondary N) is 2. The molecule has 0 saturated heterocycles. The molecule has 4 rings (SSSR count). The summed E-state index contributed by atoms with van der Waals surface area (Å²) >= 11 is 3.62. The van der Waals surface area contributed by atoms with Gasteiger partial charge in [0.25, 0.3) is 0 Å². The van der Waals surface area contributed by atoms with Gasteiger partial charge in [0.1, 0.15) is 5.82 Å². The number of hydrogen-bond acceptors (Lipinski definition) is 2. The molecule has 3 aromatic rings. The van der Waals surface area contributed by atoms with E-state index in [2.05, 4.69) is 56.6 Å². The second-order valence-corrected chi connectivity index (χ2v) is 6.03. The Balaban J connectivity index is 1.58. The van der Waals surface area contributed by atoms with Crippen molar-refractivity contribution in [2.75, 3.05) is 5.32 Å². The first-order valence-electron chi connectivity index (χ1n) is 6.96. The predicted octanol–water partition coefficient (Wildman–Crippen LogP) is 4.36. The molecule has 2 aromatic carbocycles. The van der Waals surface area contributed by atoms with Crippen molar-refractivity contribution in [2.45, 2.75) is 13.0 Å². The van der Waals surface area contributed by atoms with E-state index in [1.165, 1.54) is 16.8 Å². The summed E-state index contributed by atoms with van der Waals surface area (Å²) in [5.74, 6) is 0.981. The van der Waals surface area contributed by atoms with E-state index in [0.29, 0.717) is 6.54 Å². The zero-order valence-corrected chi connectivity index (χ0v) is 12.9. The minimum Gasteiger partial charge on any atom is -0.378 e. The highest BCUT2D eigenvalue weighted by molar-refractivity contribution is 9.10. The Morgan fingerprint density at radius 1 is 1.10 bits per heavy atom. The number of fused-ring (bicyclic) bond motifs is 3. The largest absolute Gasteiger partial charge is 0.378 e. The highest BCUT2D eigenvalue weighted by atomic mass is 79.9. The molecule has 0 saturated carbocycles. The first-order valence-corrected chi connectivity index (χ1v) is 7.75. The van der Waals surface area contributed by atoms with E-state index in [9.17, 15) is 0 Å². The molecule has 1 heterocycles. The fourth-order valence-electron chi connectivity index (χ4n) is 2.78. The van der Waals surface area contributed by atoms with Crippen molar-refractivity contribution in [3.05, 3.63) is 70.1 Å². The lowest BCUT2D eigenvalue weighted by atomic mass is 10.1. The molecule has 0 fully saturated rings. The van der Waals surface area contributed by atoms with Gasteiger partial charge in [-0.2, -0.15) is 0 Å². The minimum absolute atomic E-state index is 0.709. The Bertz CT molecular complexity index is 793. The topological polar surface area (TPSA) is 40.7 Å². The number of aromatic nitrogens is 2. The van der Waals surface area contributed by atoms with Gasteiger partial charge in [0.2, 0.25) is 0 Å². The number of H-pyrrole nitrogens is 1. The molecular formula is C17H14BrN3. The van der Waals surface area contributed by atoms with Crippen LogP contribution in [0.4, 0.5) is 5.69 Å². The van der Waals surface area contributed by atoms with Crippen molar-refractivity contribution in [3.8, 4) is 11.3 Å². The number of hydrogen-bond donors (Lipinski definition) is 2. The molecule has 0 bridgehead atoms. The number of imidazole rings is 1. The van der Waals surface area contributed by atoms with Gasteiger partial charge < -0.3 is 10.3 Å². The van der Waals surface area contributed by atoms with Crippen LogP contribution in [0.3, 0.4) is 0 Å². The minimum atomic E-state index is 0.709. The zero-order valence-electron chi connectivity index (χ0n) is 11.4. The normalized spacial score (nSPS) is 12.0. The lowest BCUT2D eigenvalue weighted by molar-refractivity contribution is 0.976. The second-order valence-electron chi connectivity index (χ2n) is 5.17. The Labute approximate surface area is 131 Å². The summed E-state index contributed by atoms with van der Waals surface area (Å²) in [6.45, 7) is 0.709. The number of aromatic amines is 1. The lowest BCUT2D eigenvalue weighted by Crippen LogP contribution is -2.01. The summed E-state index contributed by atoms with van der Waals surface area (Å²) < 4.78 is 1.16. The zero-order chi connectivity index (χ0) is 14.2. The summed E-state index contributed by atoms with van der Waals surface area (Å²) in [6, 6.07) is 16.5. The fourth-order valence-corrected chi connectivity index (χ4v) is 3.28. The average molecular weight is 340 g/mol. The summed E-state index contributed by atoms with van der Waals surface area (Å²) in [5.41, 5.74) is 5.98. The molecule has 104 valence electrons. The maximum Gasteiger partial charge on any atom is 0.126 e. The van der Waals surface area contributed by atoms with Gasteiger partial charge in [0.05, 0.1) is 12.2 Å². The third-order valence-electron chi connectivity index (χ3n) is 3.79. The monoisotopic (exact) mass is 339 g/mol. The van der Waals surface area contributed by atoms with Gasteiger partial charge in [0.15, 0.2) is 0 Å². The van der Waals surface area contributed by atoms with Gasteiger partial charge in [0, 0.05) is 27.8 Å². The van der Waals surface area contributed by atoms with Gasteiger partial charge in [-0.15, -0.1) is 0 Å². The third-order valence-corrected chi connectivity index (χ3v) is 4.53. The van der Waals surface area contributed by atoms with E-state index in [-0.39, 0.29) is 0 Å². The van der Waals surface area contributed by atoms with Crippen molar-refractivity contribution in [1.82, 2.24) is 9.97 Å². The quantitative estimate of drug-likeness (QED) is 0.582. The number of anilines is 1. The van der Waals surface area contributed by atoms with Crippen LogP contribution in [0.15, 0.2) is 53.0 Å². The van der Waals surface area contributed by atoms with E-state index < -0.39 is 0 Å².